The predicted octanol–water partition coefficient (Wildman–Crippen LogP) is 10.8. The number of hydrogen-bond donors (Lipinski definition) is 0. The summed E-state index contributed by atoms with van der Waals surface area (Å²) in [6, 6.07) is 0. The van der Waals surface area contributed by atoms with Crippen molar-refractivity contribution >= 4 is 0 Å². The fourth-order valence-corrected chi connectivity index (χ4v) is 6.41. The van der Waals surface area contributed by atoms with Crippen molar-refractivity contribution in [1.82, 2.24) is 0 Å². The molecule has 2 aliphatic carbocycles. The van der Waals surface area contributed by atoms with E-state index in [9.17, 15) is 0 Å². The van der Waals surface area contributed by atoms with Gasteiger partial charge in [0.05, 0.1) is 0 Å². The molecule has 0 bridgehead atoms. The van der Waals surface area contributed by atoms with Crippen LogP contribution in [0.5, 0.6) is 0 Å². The second kappa shape index (κ2) is 11.3. The summed E-state index contributed by atoms with van der Waals surface area (Å²) in [4.78, 5) is 0. The quantitative estimate of drug-likeness (QED) is 0.281. The van der Waals surface area contributed by atoms with E-state index in [-0.39, 0.29) is 5.41 Å². The van der Waals surface area contributed by atoms with E-state index >= 15 is 0 Å². The van der Waals surface area contributed by atoms with Crippen LogP contribution < -0.4 is 0 Å². The van der Waals surface area contributed by atoms with Crippen molar-refractivity contribution in [3.05, 3.63) is 48.1 Å². The summed E-state index contributed by atoms with van der Waals surface area (Å²) < 4.78 is 0. The molecule has 0 heteroatoms. The Bertz CT molecular complexity index is 772. The van der Waals surface area contributed by atoms with Gasteiger partial charge in [0.25, 0.3) is 0 Å². The molecule has 0 aromatic rings. The fourth-order valence-electron chi connectivity index (χ4n) is 6.41. The minimum absolute atomic E-state index is 0.0891. The molecule has 0 N–H and O–H groups in total. The molecule has 34 heavy (non-hydrogen) atoms. The minimum atomic E-state index is 0.0891. The molecule has 0 fully saturated rings. The molecule has 2 aliphatic rings. The van der Waals surface area contributed by atoms with E-state index in [1.807, 2.05) is 0 Å². The molecule has 0 aliphatic heterocycles. The van der Waals surface area contributed by atoms with Gasteiger partial charge in [-0.25, -0.2) is 0 Å². The van der Waals surface area contributed by atoms with Gasteiger partial charge in [0, 0.05) is 5.41 Å². The maximum absolute atomic E-state index is 4.23. The Morgan fingerprint density at radius 2 is 1.76 bits per heavy atom. The Balaban J connectivity index is 1.94. The van der Waals surface area contributed by atoms with Crippen LogP contribution in [0, 0.1) is 51.8 Å². The molecule has 0 aromatic carbocycles. The molecule has 0 saturated heterocycles. The fraction of sp³-hybridized carbons (Fsp3) is 0.765. The van der Waals surface area contributed by atoms with Gasteiger partial charge in [-0.1, -0.05) is 111 Å². The second-order valence-electron chi connectivity index (χ2n) is 14.0. The lowest BCUT2D eigenvalue weighted by Gasteiger charge is -2.46. The van der Waals surface area contributed by atoms with E-state index in [0.717, 1.165) is 11.8 Å². The highest BCUT2D eigenvalue weighted by Crippen LogP contribution is 2.49. The number of rotatable bonds is 10. The first-order chi connectivity index (χ1) is 15.6. The highest BCUT2D eigenvalue weighted by atomic mass is 14.4. The highest BCUT2D eigenvalue weighted by Gasteiger charge is 2.40. The van der Waals surface area contributed by atoms with E-state index in [2.05, 4.69) is 113 Å². The smallest absolute Gasteiger partial charge is 0.00303 e. The zero-order valence-corrected chi connectivity index (χ0v) is 24.8. The van der Waals surface area contributed by atoms with Crippen LogP contribution in [0.4, 0.5) is 0 Å². The van der Waals surface area contributed by atoms with Crippen LogP contribution in [-0.2, 0) is 0 Å². The first-order valence-electron chi connectivity index (χ1n) is 14.4. The normalized spacial score (nSPS) is 32.4. The lowest BCUT2D eigenvalue weighted by Crippen LogP contribution is -2.38. The minimum Gasteiger partial charge on any atom is -0.102 e. The summed E-state index contributed by atoms with van der Waals surface area (Å²) in [5.41, 5.74) is 4.10. The van der Waals surface area contributed by atoms with Crippen LogP contribution in [-0.4, -0.2) is 0 Å². The summed E-state index contributed by atoms with van der Waals surface area (Å²) in [5, 5.41) is 0. The molecule has 0 nitrogen and oxygen atoms in total. The zero-order valence-electron chi connectivity index (χ0n) is 24.8. The molecule has 7 unspecified atom stereocenters. The maximum atomic E-state index is 4.23. The number of hydrogen-bond acceptors (Lipinski definition) is 0. The topological polar surface area (TPSA) is 0 Å². The van der Waals surface area contributed by atoms with Gasteiger partial charge in [-0.15, -0.1) is 6.58 Å². The van der Waals surface area contributed by atoms with Gasteiger partial charge < -0.3 is 0 Å². The molecule has 2 rings (SSSR count). The molecule has 0 amide bonds. The Morgan fingerprint density at radius 3 is 2.35 bits per heavy atom. The SMILES string of the molecule is C=CC(C)(/C=C/C(C)CCC1C(C)C(C)=CC(C)C1(C)C)CCC(C)C1=CC(C)(C)C(C)CC1. The maximum Gasteiger partial charge on any atom is 0.00303 e. The third-order valence-electron chi connectivity index (χ3n) is 10.6. The predicted molar refractivity (Wildman–Crippen MR) is 154 cm³/mol. The Hall–Kier alpha value is -1.04. The first-order valence-corrected chi connectivity index (χ1v) is 14.4. The van der Waals surface area contributed by atoms with Crippen LogP contribution in [0.2, 0.25) is 0 Å². The van der Waals surface area contributed by atoms with Gasteiger partial charge in [-0.05, 0) is 91.8 Å². The molecular weight excluding hydrogens is 408 g/mol. The van der Waals surface area contributed by atoms with Gasteiger partial charge in [-0.3, -0.25) is 0 Å². The van der Waals surface area contributed by atoms with Crippen LogP contribution in [0.1, 0.15) is 115 Å². The molecule has 7 atom stereocenters. The van der Waals surface area contributed by atoms with Crippen molar-refractivity contribution in [2.45, 2.75) is 115 Å². The van der Waals surface area contributed by atoms with Crippen molar-refractivity contribution in [3.63, 3.8) is 0 Å². The molecule has 0 saturated carbocycles. The van der Waals surface area contributed by atoms with E-state index in [0.29, 0.717) is 34.5 Å². The van der Waals surface area contributed by atoms with Crippen LogP contribution in [0.3, 0.4) is 0 Å². The standard InChI is InChI=1S/C34H58/c1-13-34(12,21-19-25(3)30-16-15-27(5)32(8,9)23-30)20-18-24(2)14-17-31-29(7)26(4)22-28(6)33(31,10)11/h13,18,20,22-25,27-29,31H,1,14-17,19,21H2,2-12H3/b20-18+. The Labute approximate surface area is 214 Å². The number of allylic oxidation sites excluding steroid dienone is 7. The van der Waals surface area contributed by atoms with Crippen LogP contribution in [0.15, 0.2) is 48.1 Å². The average molecular weight is 467 g/mol. The Morgan fingerprint density at radius 1 is 1.12 bits per heavy atom. The molecular formula is C34H58. The summed E-state index contributed by atoms with van der Waals surface area (Å²) >= 11 is 0. The lowest BCUT2D eigenvalue weighted by atomic mass is 9.58. The summed E-state index contributed by atoms with van der Waals surface area (Å²) in [6.07, 6.45) is 19.9. The van der Waals surface area contributed by atoms with Crippen molar-refractivity contribution in [1.29, 1.82) is 0 Å². The average Bonchev–Trinajstić information content (AvgIpc) is 2.76. The highest BCUT2D eigenvalue weighted by molar-refractivity contribution is 5.17. The van der Waals surface area contributed by atoms with Gasteiger partial charge in [-0.2, -0.15) is 0 Å². The van der Waals surface area contributed by atoms with Crippen molar-refractivity contribution in [2.75, 3.05) is 0 Å². The third-order valence-corrected chi connectivity index (χ3v) is 10.6. The molecule has 0 radical (unpaired) electrons. The lowest BCUT2D eigenvalue weighted by molar-refractivity contribution is 0.0892. The summed E-state index contributed by atoms with van der Waals surface area (Å²) in [7, 11) is 0. The largest absolute Gasteiger partial charge is 0.102 e. The van der Waals surface area contributed by atoms with Gasteiger partial charge >= 0.3 is 0 Å². The van der Waals surface area contributed by atoms with Crippen LogP contribution in [0.25, 0.3) is 0 Å². The van der Waals surface area contributed by atoms with Crippen molar-refractivity contribution < 1.29 is 0 Å². The van der Waals surface area contributed by atoms with E-state index in [1.165, 1.54) is 38.5 Å². The molecule has 0 spiro atoms. The van der Waals surface area contributed by atoms with E-state index in [4.69, 9.17) is 0 Å². The van der Waals surface area contributed by atoms with Crippen LogP contribution >= 0.6 is 0 Å². The third kappa shape index (κ3) is 7.01. The Kier molecular flexibility index (Phi) is 9.74. The molecule has 0 aromatic heterocycles. The van der Waals surface area contributed by atoms with Crippen molar-refractivity contribution in [2.24, 2.45) is 51.8 Å². The van der Waals surface area contributed by atoms with E-state index in [1.54, 1.807) is 11.1 Å². The summed E-state index contributed by atoms with van der Waals surface area (Å²) in [6.45, 7) is 30.9. The summed E-state index contributed by atoms with van der Waals surface area (Å²) in [5.74, 6) is 4.21. The zero-order chi connectivity index (χ0) is 25.9. The molecule has 194 valence electrons. The molecule has 0 heterocycles. The van der Waals surface area contributed by atoms with Gasteiger partial charge in [0.1, 0.15) is 0 Å². The van der Waals surface area contributed by atoms with Gasteiger partial charge in [0.2, 0.25) is 0 Å². The second-order valence-corrected chi connectivity index (χ2v) is 14.0. The van der Waals surface area contributed by atoms with E-state index < -0.39 is 0 Å². The van der Waals surface area contributed by atoms with Crippen molar-refractivity contribution in [3.8, 4) is 0 Å². The first kappa shape index (κ1) is 29.2. The van der Waals surface area contributed by atoms with Gasteiger partial charge in [0.15, 0.2) is 0 Å². The monoisotopic (exact) mass is 466 g/mol.